The summed E-state index contributed by atoms with van der Waals surface area (Å²) in [5, 5.41) is 3.51. The summed E-state index contributed by atoms with van der Waals surface area (Å²) in [7, 11) is 2.09. The van der Waals surface area contributed by atoms with Crippen LogP contribution < -0.4 is 10.2 Å². The number of aryl methyl sites for hydroxylation is 2. The summed E-state index contributed by atoms with van der Waals surface area (Å²) in [6, 6.07) is 7.27. The van der Waals surface area contributed by atoms with Gasteiger partial charge in [-0.3, -0.25) is 0 Å². The molecule has 1 aromatic carbocycles. The molecule has 1 heterocycles. The second-order valence-electron chi connectivity index (χ2n) is 6.22. The fraction of sp³-hybridized carbons (Fsp3) is 0.647. The summed E-state index contributed by atoms with van der Waals surface area (Å²) in [5.74, 6) is 0. The molecule has 1 aliphatic heterocycles. The van der Waals surface area contributed by atoms with Gasteiger partial charge in [0.15, 0.2) is 0 Å². The van der Waals surface area contributed by atoms with Crippen LogP contribution >= 0.6 is 0 Å². The monoisotopic (exact) mass is 260 g/mol. The van der Waals surface area contributed by atoms with Gasteiger partial charge in [0.2, 0.25) is 0 Å². The highest BCUT2D eigenvalue weighted by Gasteiger charge is 2.38. The van der Waals surface area contributed by atoms with Crippen LogP contribution in [0.15, 0.2) is 18.2 Å². The van der Waals surface area contributed by atoms with E-state index in [1.54, 1.807) is 0 Å². The molecule has 0 spiro atoms. The molecule has 1 fully saturated rings. The van der Waals surface area contributed by atoms with E-state index in [0.29, 0.717) is 6.04 Å². The Balaban J connectivity index is 2.45. The number of rotatable bonds is 3. The van der Waals surface area contributed by atoms with Crippen LogP contribution in [-0.2, 0) is 6.42 Å². The highest BCUT2D eigenvalue weighted by molar-refractivity contribution is 5.61. The zero-order valence-electron chi connectivity index (χ0n) is 13.1. The molecule has 0 radical (unpaired) electrons. The normalized spacial score (nSPS) is 22.6. The van der Waals surface area contributed by atoms with Crippen molar-refractivity contribution in [1.82, 2.24) is 5.32 Å². The fourth-order valence-electron chi connectivity index (χ4n) is 3.57. The summed E-state index contributed by atoms with van der Waals surface area (Å²) in [6.45, 7) is 10.4. The van der Waals surface area contributed by atoms with E-state index in [1.807, 2.05) is 0 Å². The first-order valence-corrected chi connectivity index (χ1v) is 7.55. The zero-order valence-corrected chi connectivity index (χ0v) is 13.1. The van der Waals surface area contributed by atoms with Crippen molar-refractivity contribution >= 4 is 5.69 Å². The van der Waals surface area contributed by atoms with Crippen LogP contribution in [0.2, 0.25) is 0 Å². The van der Waals surface area contributed by atoms with E-state index in [1.165, 1.54) is 36.2 Å². The van der Waals surface area contributed by atoms with E-state index in [4.69, 9.17) is 0 Å². The minimum atomic E-state index is 0.170. The first-order valence-electron chi connectivity index (χ1n) is 7.55. The average molecular weight is 260 g/mol. The van der Waals surface area contributed by atoms with Gasteiger partial charge in [-0.15, -0.1) is 0 Å². The first-order chi connectivity index (χ1) is 9.02. The smallest absolute Gasteiger partial charge is 0.0498 e. The summed E-state index contributed by atoms with van der Waals surface area (Å²) in [5.41, 5.74) is 4.52. The number of anilines is 1. The Morgan fingerprint density at radius 2 is 2.11 bits per heavy atom. The van der Waals surface area contributed by atoms with Crippen molar-refractivity contribution in [1.29, 1.82) is 0 Å². The Morgan fingerprint density at radius 3 is 2.74 bits per heavy atom. The van der Waals surface area contributed by atoms with Gasteiger partial charge < -0.3 is 10.2 Å². The summed E-state index contributed by atoms with van der Waals surface area (Å²) < 4.78 is 0. The molecule has 0 aliphatic carbocycles. The topological polar surface area (TPSA) is 15.3 Å². The minimum Gasteiger partial charge on any atom is -0.364 e. The van der Waals surface area contributed by atoms with Crippen LogP contribution in [0.1, 0.15) is 44.7 Å². The predicted molar refractivity (Wildman–Crippen MR) is 84.1 cm³/mol. The maximum Gasteiger partial charge on any atom is 0.0498 e. The highest BCUT2D eigenvalue weighted by atomic mass is 15.2. The van der Waals surface area contributed by atoms with Crippen molar-refractivity contribution in [2.45, 2.75) is 58.5 Å². The standard InChI is InChI=1S/C17H28N2/c1-6-14-10-7-9-13(2)16(14)19-12-8-11-15(18-5)17(19,3)4/h7,9-10,15,18H,6,8,11-12H2,1-5H3. The van der Waals surface area contributed by atoms with Crippen molar-refractivity contribution in [3.05, 3.63) is 29.3 Å². The summed E-state index contributed by atoms with van der Waals surface area (Å²) in [4.78, 5) is 2.63. The number of nitrogens with zero attached hydrogens (tertiary/aromatic N) is 1. The number of hydrogen-bond acceptors (Lipinski definition) is 2. The molecule has 1 aliphatic rings. The zero-order chi connectivity index (χ0) is 14.0. The first kappa shape index (κ1) is 14.4. The largest absolute Gasteiger partial charge is 0.364 e. The van der Waals surface area contributed by atoms with Gasteiger partial charge in [-0.25, -0.2) is 0 Å². The van der Waals surface area contributed by atoms with Gasteiger partial charge in [0, 0.05) is 23.8 Å². The molecule has 0 saturated carbocycles. The van der Waals surface area contributed by atoms with Gasteiger partial charge in [0.25, 0.3) is 0 Å². The third kappa shape index (κ3) is 2.51. The van der Waals surface area contributed by atoms with Crippen molar-refractivity contribution in [3.63, 3.8) is 0 Å². The SMILES string of the molecule is CCc1cccc(C)c1N1CCCC(NC)C1(C)C. The molecular weight excluding hydrogens is 232 g/mol. The average Bonchev–Trinajstić information content (AvgIpc) is 2.38. The number of likely N-dealkylation sites (N-methyl/N-ethyl adjacent to an activating group) is 1. The second-order valence-corrected chi connectivity index (χ2v) is 6.22. The lowest BCUT2D eigenvalue weighted by Crippen LogP contribution is -2.61. The Bertz CT molecular complexity index is 437. The lowest BCUT2D eigenvalue weighted by atomic mass is 9.83. The molecule has 1 aromatic rings. The molecule has 19 heavy (non-hydrogen) atoms. The number of nitrogens with one attached hydrogen (secondary N) is 1. The Hall–Kier alpha value is -1.02. The highest BCUT2D eigenvalue weighted by Crippen LogP contribution is 2.36. The molecule has 106 valence electrons. The van der Waals surface area contributed by atoms with E-state index >= 15 is 0 Å². The Morgan fingerprint density at radius 1 is 1.37 bits per heavy atom. The van der Waals surface area contributed by atoms with E-state index in [0.717, 1.165) is 6.42 Å². The van der Waals surface area contributed by atoms with Crippen molar-refractivity contribution in [2.75, 3.05) is 18.5 Å². The van der Waals surface area contributed by atoms with Crippen LogP contribution in [0, 0.1) is 6.92 Å². The van der Waals surface area contributed by atoms with Gasteiger partial charge in [-0.05, 0) is 58.2 Å². The quantitative estimate of drug-likeness (QED) is 0.894. The molecular formula is C17H28N2. The predicted octanol–water partition coefficient (Wildman–Crippen LogP) is 3.52. The van der Waals surface area contributed by atoms with Crippen LogP contribution in [0.5, 0.6) is 0 Å². The van der Waals surface area contributed by atoms with Gasteiger partial charge in [-0.1, -0.05) is 25.1 Å². The molecule has 0 aromatic heterocycles. The van der Waals surface area contributed by atoms with E-state index < -0.39 is 0 Å². The maximum atomic E-state index is 3.51. The number of para-hydroxylation sites is 1. The van der Waals surface area contributed by atoms with Crippen LogP contribution in [-0.4, -0.2) is 25.2 Å². The second kappa shape index (κ2) is 5.54. The van der Waals surface area contributed by atoms with Gasteiger partial charge >= 0.3 is 0 Å². The molecule has 1 atom stereocenters. The number of hydrogen-bond donors (Lipinski definition) is 1. The molecule has 2 nitrogen and oxygen atoms in total. The van der Waals surface area contributed by atoms with E-state index in [9.17, 15) is 0 Å². The third-order valence-corrected chi connectivity index (χ3v) is 4.74. The Kier molecular flexibility index (Phi) is 4.19. The lowest BCUT2D eigenvalue weighted by molar-refractivity contribution is 0.275. The summed E-state index contributed by atoms with van der Waals surface area (Å²) in [6.07, 6.45) is 3.65. The third-order valence-electron chi connectivity index (χ3n) is 4.74. The molecule has 0 amide bonds. The van der Waals surface area contributed by atoms with Gasteiger partial charge in [0.05, 0.1) is 0 Å². The number of benzene rings is 1. The van der Waals surface area contributed by atoms with Crippen molar-refractivity contribution in [3.8, 4) is 0 Å². The van der Waals surface area contributed by atoms with Crippen molar-refractivity contribution < 1.29 is 0 Å². The maximum absolute atomic E-state index is 3.51. The molecule has 0 bridgehead atoms. The van der Waals surface area contributed by atoms with Crippen LogP contribution in [0.4, 0.5) is 5.69 Å². The Labute approximate surface area is 118 Å². The van der Waals surface area contributed by atoms with Crippen LogP contribution in [0.3, 0.4) is 0 Å². The minimum absolute atomic E-state index is 0.170. The number of piperidine rings is 1. The molecule has 1 saturated heterocycles. The van der Waals surface area contributed by atoms with E-state index in [-0.39, 0.29) is 5.54 Å². The van der Waals surface area contributed by atoms with Gasteiger partial charge in [-0.2, -0.15) is 0 Å². The van der Waals surface area contributed by atoms with E-state index in [2.05, 4.69) is 63.2 Å². The summed E-state index contributed by atoms with van der Waals surface area (Å²) >= 11 is 0. The van der Waals surface area contributed by atoms with Crippen LogP contribution in [0.25, 0.3) is 0 Å². The van der Waals surface area contributed by atoms with Gasteiger partial charge in [0.1, 0.15) is 0 Å². The molecule has 2 heteroatoms. The molecule has 2 rings (SSSR count). The molecule has 1 unspecified atom stereocenters. The molecule has 1 N–H and O–H groups in total. The lowest BCUT2D eigenvalue weighted by Gasteiger charge is -2.50. The fourth-order valence-corrected chi connectivity index (χ4v) is 3.57. The van der Waals surface area contributed by atoms with Crippen molar-refractivity contribution in [2.24, 2.45) is 0 Å².